The molecule has 34 heavy (non-hydrogen) atoms. The Bertz CT molecular complexity index is 1140. The second kappa shape index (κ2) is 9.11. The topological polar surface area (TPSA) is 105 Å². The quantitative estimate of drug-likeness (QED) is 0.222. The molecule has 2 aromatic rings. The van der Waals surface area contributed by atoms with Gasteiger partial charge in [0.1, 0.15) is 5.75 Å². The van der Waals surface area contributed by atoms with E-state index in [4.69, 9.17) is 9.26 Å². The van der Waals surface area contributed by atoms with Crippen LogP contribution < -0.4 is 4.74 Å². The summed E-state index contributed by atoms with van der Waals surface area (Å²) in [6.45, 7) is 6.19. The Morgan fingerprint density at radius 1 is 1.03 bits per heavy atom. The van der Waals surface area contributed by atoms with E-state index in [0.29, 0.717) is 16.9 Å². The lowest BCUT2D eigenvalue weighted by Crippen LogP contribution is -2.27. The van der Waals surface area contributed by atoms with E-state index in [1.807, 2.05) is 9.34 Å². The summed E-state index contributed by atoms with van der Waals surface area (Å²) in [5.74, 6) is 0.295. The molecule has 0 spiro atoms. The molecule has 0 radical (unpaired) electrons. The zero-order chi connectivity index (χ0) is 23.9. The summed E-state index contributed by atoms with van der Waals surface area (Å²) in [5, 5.41) is 11.6. The first kappa shape index (κ1) is 23.0. The maximum absolute atomic E-state index is 13.3. The molecule has 3 saturated heterocycles. The van der Waals surface area contributed by atoms with E-state index in [9.17, 15) is 19.5 Å². The van der Waals surface area contributed by atoms with Crippen LogP contribution in [0.25, 0.3) is 0 Å². The van der Waals surface area contributed by atoms with Crippen LogP contribution in [0.1, 0.15) is 41.8 Å². The number of benzene rings is 2. The van der Waals surface area contributed by atoms with Crippen LogP contribution in [-0.4, -0.2) is 64.3 Å². The van der Waals surface area contributed by atoms with Gasteiger partial charge in [-0.1, -0.05) is 6.07 Å². The first-order valence-corrected chi connectivity index (χ1v) is 13.0. The molecule has 0 saturated carbocycles. The van der Waals surface area contributed by atoms with Crippen molar-refractivity contribution in [3.8, 4) is 11.5 Å². The second-order valence-corrected chi connectivity index (χ2v) is 11.1. The van der Waals surface area contributed by atoms with Gasteiger partial charge in [-0.25, -0.2) is 9.34 Å². The van der Waals surface area contributed by atoms with Crippen LogP contribution >= 0.6 is 7.67 Å². The Morgan fingerprint density at radius 2 is 1.71 bits per heavy atom. The summed E-state index contributed by atoms with van der Waals surface area (Å²) in [4.78, 5) is 25.7. The molecular weight excluding hydrogens is 459 g/mol. The van der Waals surface area contributed by atoms with Crippen molar-refractivity contribution in [3.05, 3.63) is 63.7 Å². The molecule has 1 unspecified atom stereocenters. The van der Waals surface area contributed by atoms with Crippen LogP contribution in [0.5, 0.6) is 11.5 Å². The third-order valence-electron chi connectivity index (χ3n) is 6.21. The van der Waals surface area contributed by atoms with E-state index in [2.05, 4.69) is 0 Å². The number of nitro groups is 1. The Hall–Kier alpha value is -2.78. The van der Waals surface area contributed by atoms with E-state index >= 15 is 0 Å². The highest BCUT2D eigenvalue weighted by atomic mass is 31.2. The first-order valence-electron chi connectivity index (χ1n) is 11.5. The number of ether oxygens (including phenoxy) is 1. The van der Waals surface area contributed by atoms with Crippen LogP contribution in [0.2, 0.25) is 0 Å². The van der Waals surface area contributed by atoms with Crippen LogP contribution in [0, 0.1) is 10.1 Å². The molecule has 0 N–H and O–H groups in total. The van der Waals surface area contributed by atoms with Gasteiger partial charge in [0.05, 0.1) is 11.0 Å². The van der Waals surface area contributed by atoms with Gasteiger partial charge in [0.15, 0.2) is 0 Å². The normalized spacial score (nSPS) is 19.1. The molecule has 3 aliphatic heterocycles. The fraction of sp³-hybridized carbons (Fsp3) is 0.435. The van der Waals surface area contributed by atoms with Crippen LogP contribution in [0.15, 0.2) is 42.5 Å². The van der Waals surface area contributed by atoms with Gasteiger partial charge in [0.25, 0.3) is 5.91 Å². The first-order chi connectivity index (χ1) is 16.3. The highest BCUT2D eigenvalue weighted by Crippen LogP contribution is 2.63. The summed E-state index contributed by atoms with van der Waals surface area (Å²) < 4.78 is 28.9. The van der Waals surface area contributed by atoms with Crippen molar-refractivity contribution < 1.29 is 23.5 Å². The third-order valence-corrected chi connectivity index (χ3v) is 9.03. The van der Waals surface area contributed by atoms with Crippen molar-refractivity contribution in [1.82, 2.24) is 14.2 Å². The molecule has 180 valence electrons. The predicted octanol–water partition coefficient (Wildman–Crippen LogP) is 4.44. The molecule has 1 amide bonds. The number of hydrogen-bond acceptors (Lipinski definition) is 6. The van der Waals surface area contributed by atoms with Crippen molar-refractivity contribution in [2.45, 2.75) is 25.9 Å². The molecule has 3 heterocycles. The zero-order valence-corrected chi connectivity index (χ0v) is 19.9. The van der Waals surface area contributed by atoms with Gasteiger partial charge >= 0.3 is 13.4 Å². The molecule has 3 fully saturated rings. The predicted molar refractivity (Wildman–Crippen MR) is 125 cm³/mol. The molecule has 10 nitrogen and oxygen atoms in total. The van der Waals surface area contributed by atoms with E-state index < -0.39 is 18.7 Å². The molecule has 3 aliphatic rings. The minimum Gasteiger partial charge on any atom is -0.450 e. The largest absolute Gasteiger partial charge is 0.450 e. The maximum Gasteiger partial charge on any atom is 0.346 e. The summed E-state index contributed by atoms with van der Waals surface area (Å²) in [7, 11) is -3.05. The Kier molecular flexibility index (Phi) is 6.16. The molecule has 2 aromatic carbocycles. The van der Waals surface area contributed by atoms with E-state index in [1.54, 1.807) is 48.2 Å². The Labute approximate surface area is 197 Å². The molecule has 0 aromatic heterocycles. The standard InChI is InChI=1S/C23H27N4O6P/c1-17(33-34(31,25-11-12-25)26-13-14-26)18-7-8-21(27(29)30)22(16-18)32-20-6-4-5-19(15-20)23(28)24-9-2-3-10-24/h4-8,15-17H,2-3,9-14H2,1H3. The van der Waals surface area contributed by atoms with Crippen molar-refractivity contribution >= 4 is 19.3 Å². The van der Waals surface area contributed by atoms with Crippen molar-refractivity contribution in [1.29, 1.82) is 0 Å². The van der Waals surface area contributed by atoms with Gasteiger partial charge < -0.3 is 9.64 Å². The van der Waals surface area contributed by atoms with Crippen LogP contribution in [0.3, 0.4) is 0 Å². The van der Waals surface area contributed by atoms with Gasteiger partial charge in [-0.15, -0.1) is 0 Å². The number of amides is 1. The number of carbonyl (C=O) groups excluding carboxylic acids is 1. The maximum atomic E-state index is 13.3. The highest BCUT2D eigenvalue weighted by molar-refractivity contribution is 7.54. The molecule has 0 bridgehead atoms. The smallest absolute Gasteiger partial charge is 0.346 e. The lowest BCUT2D eigenvalue weighted by Gasteiger charge is -2.24. The van der Waals surface area contributed by atoms with E-state index in [0.717, 1.165) is 52.1 Å². The number of carbonyl (C=O) groups is 1. The summed E-state index contributed by atoms with van der Waals surface area (Å²) in [5.41, 5.74) is 0.897. The van der Waals surface area contributed by atoms with Crippen molar-refractivity contribution in [2.24, 2.45) is 0 Å². The van der Waals surface area contributed by atoms with Gasteiger partial charge in [-0.05, 0) is 55.7 Å². The summed E-state index contributed by atoms with van der Waals surface area (Å²) in [6.07, 6.45) is 1.42. The number of rotatable bonds is 9. The lowest BCUT2D eigenvalue weighted by molar-refractivity contribution is -0.385. The van der Waals surface area contributed by atoms with Gasteiger partial charge in [0.2, 0.25) is 5.75 Å². The summed E-state index contributed by atoms with van der Waals surface area (Å²) in [6, 6.07) is 11.2. The minimum absolute atomic E-state index is 0.0389. The fourth-order valence-corrected chi connectivity index (χ4v) is 6.46. The monoisotopic (exact) mass is 486 g/mol. The second-order valence-electron chi connectivity index (χ2n) is 8.76. The fourth-order valence-electron chi connectivity index (χ4n) is 4.11. The molecule has 0 aliphatic carbocycles. The average molecular weight is 486 g/mol. The van der Waals surface area contributed by atoms with Crippen molar-refractivity contribution in [2.75, 3.05) is 39.3 Å². The minimum atomic E-state index is -3.05. The number of nitrogens with zero attached hydrogens (tertiary/aromatic N) is 4. The zero-order valence-electron chi connectivity index (χ0n) is 19.0. The number of likely N-dealkylation sites (tertiary alicyclic amines) is 1. The molecule has 11 heteroatoms. The third kappa shape index (κ3) is 4.72. The van der Waals surface area contributed by atoms with Gasteiger partial charge in [-0.2, -0.15) is 0 Å². The number of nitro benzene ring substituents is 1. The van der Waals surface area contributed by atoms with E-state index in [-0.39, 0.29) is 17.3 Å². The average Bonchev–Trinajstić information content (AvgIpc) is 3.76. The highest BCUT2D eigenvalue weighted by Gasteiger charge is 2.50. The van der Waals surface area contributed by atoms with Gasteiger partial charge in [-0.3, -0.25) is 24.0 Å². The van der Waals surface area contributed by atoms with Crippen LogP contribution in [-0.2, 0) is 9.09 Å². The molecule has 1 atom stereocenters. The lowest BCUT2D eigenvalue weighted by atomic mass is 10.1. The molecule has 5 rings (SSSR count). The van der Waals surface area contributed by atoms with Crippen molar-refractivity contribution in [3.63, 3.8) is 0 Å². The Balaban J connectivity index is 1.38. The Morgan fingerprint density at radius 3 is 2.32 bits per heavy atom. The van der Waals surface area contributed by atoms with E-state index in [1.165, 1.54) is 6.07 Å². The SMILES string of the molecule is CC(OP(=O)(N1CC1)N1CC1)c1ccc([N+](=O)[O-])c(Oc2cccc(C(=O)N3CCCC3)c2)c1. The molecular formula is C23H27N4O6P. The number of hydrogen-bond donors (Lipinski definition) is 0. The van der Waals surface area contributed by atoms with Gasteiger partial charge in [0, 0.05) is 50.9 Å². The van der Waals surface area contributed by atoms with Crippen LogP contribution in [0.4, 0.5) is 5.69 Å². The summed E-state index contributed by atoms with van der Waals surface area (Å²) >= 11 is 0.